The fraction of sp³-hybridized carbons (Fsp3) is 0.471. The maximum absolute atomic E-state index is 5.92. The Morgan fingerprint density at radius 1 is 1.33 bits per heavy atom. The van der Waals surface area contributed by atoms with Crippen molar-refractivity contribution in [3.8, 4) is 5.75 Å². The van der Waals surface area contributed by atoms with E-state index in [9.17, 15) is 0 Å². The minimum absolute atomic E-state index is 0.0939. The predicted octanol–water partition coefficient (Wildman–Crippen LogP) is 1.48. The number of para-hydroxylation sites is 1. The van der Waals surface area contributed by atoms with E-state index in [1.165, 1.54) is 5.56 Å². The lowest BCUT2D eigenvalue weighted by Gasteiger charge is -2.12. The Labute approximate surface area is 141 Å². The molecule has 24 heavy (non-hydrogen) atoms. The van der Waals surface area contributed by atoms with Gasteiger partial charge >= 0.3 is 0 Å². The third kappa shape index (κ3) is 4.24. The second-order valence-electron chi connectivity index (χ2n) is 5.68. The number of aryl methyl sites for hydroxylation is 1. The SMILES string of the molecule is CCNC(=NCC1Cc2ccccc2O1)NCCc1nc(C)no1. The van der Waals surface area contributed by atoms with Gasteiger partial charge in [-0.3, -0.25) is 0 Å². The highest BCUT2D eigenvalue weighted by molar-refractivity contribution is 5.79. The number of guanidine groups is 1. The van der Waals surface area contributed by atoms with Crippen LogP contribution in [0.15, 0.2) is 33.8 Å². The molecule has 1 aliphatic heterocycles. The average molecular weight is 329 g/mol. The fourth-order valence-electron chi connectivity index (χ4n) is 2.62. The van der Waals surface area contributed by atoms with Crippen LogP contribution in [0.4, 0.5) is 0 Å². The molecule has 0 aliphatic carbocycles. The molecular formula is C17H23N5O2. The van der Waals surface area contributed by atoms with Crippen molar-refractivity contribution in [2.45, 2.75) is 32.8 Å². The zero-order valence-electron chi connectivity index (χ0n) is 14.1. The predicted molar refractivity (Wildman–Crippen MR) is 91.3 cm³/mol. The van der Waals surface area contributed by atoms with Crippen LogP contribution in [0.25, 0.3) is 0 Å². The summed E-state index contributed by atoms with van der Waals surface area (Å²) in [5, 5.41) is 10.3. The zero-order valence-corrected chi connectivity index (χ0v) is 14.1. The van der Waals surface area contributed by atoms with Crippen LogP contribution in [0, 0.1) is 6.92 Å². The Morgan fingerprint density at radius 2 is 2.21 bits per heavy atom. The van der Waals surface area contributed by atoms with E-state index in [2.05, 4.69) is 31.8 Å². The van der Waals surface area contributed by atoms with E-state index in [0.29, 0.717) is 31.2 Å². The monoisotopic (exact) mass is 329 g/mol. The van der Waals surface area contributed by atoms with Crippen LogP contribution in [0.5, 0.6) is 5.75 Å². The van der Waals surface area contributed by atoms with Crippen LogP contribution in [0.3, 0.4) is 0 Å². The Hall–Kier alpha value is -2.57. The zero-order chi connectivity index (χ0) is 16.8. The normalized spacial score (nSPS) is 16.6. The molecule has 1 atom stereocenters. The van der Waals surface area contributed by atoms with Crippen molar-refractivity contribution in [3.63, 3.8) is 0 Å². The molecule has 0 fully saturated rings. The standard InChI is InChI=1S/C17H23N5O2/c1-3-18-17(19-9-8-16-21-12(2)22-24-16)20-11-14-10-13-6-4-5-7-15(13)23-14/h4-7,14H,3,8-11H2,1-2H3,(H2,18,19,20). The summed E-state index contributed by atoms with van der Waals surface area (Å²) < 4.78 is 11.0. The van der Waals surface area contributed by atoms with E-state index in [1.54, 1.807) is 0 Å². The molecule has 2 N–H and O–H groups in total. The average Bonchev–Trinajstić information content (AvgIpc) is 3.18. The summed E-state index contributed by atoms with van der Waals surface area (Å²) in [6.07, 6.45) is 1.66. The molecule has 7 heteroatoms. The molecule has 0 radical (unpaired) electrons. The molecule has 1 aromatic heterocycles. The Balaban J connectivity index is 1.49. The number of hydrogen-bond donors (Lipinski definition) is 2. The van der Waals surface area contributed by atoms with Crippen LogP contribution in [-0.4, -0.2) is 41.8 Å². The number of nitrogens with zero attached hydrogens (tertiary/aromatic N) is 3. The van der Waals surface area contributed by atoms with E-state index < -0.39 is 0 Å². The second-order valence-corrected chi connectivity index (χ2v) is 5.68. The molecule has 0 saturated carbocycles. The molecule has 0 saturated heterocycles. The molecule has 0 bridgehead atoms. The molecule has 1 unspecified atom stereocenters. The van der Waals surface area contributed by atoms with Gasteiger partial charge in [0.15, 0.2) is 11.8 Å². The van der Waals surface area contributed by atoms with Gasteiger partial charge in [-0.1, -0.05) is 23.4 Å². The molecular weight excluding hydrogens is 306 g/mol. The summed E-state index contributed by atoms with van der Waals surface area (Å²) in [5.74, 6) is 3.03. The molecule has 128 valence electrons. The van der Waals surface area contributed by atoms with Gasteiger partial charge in [0.25, 0.3) is 0 Å². The number of hydrogen-bond acceptors (Lipinski definition) is 5. The van der Waals surface area contributed by atoms with Crippen molar-refractivity contribution in [2.75, 3.05) is 19.6 Å². The summed E-state index contributed by atoms with van der Waals surface area (Å²) in [6, 6.07) is 8.15. The van der Waals surface area contributed by atoms with Crippen molar-refractivity contribution in [2.24, 2.45) is 4.99 Å². The minimum atomic E-state index is 0.0939. The van der Waals surface area contributed by atoms with Gasteiger partial charge in [0.05, 0.1) is 6.54 Å². The topological polar surface area (TPSA) is 84.6 Å². The molecule has 0 spiro atoms. The van der Waals surface area contributed by atoms with Crippen molar-refractivity contribution in [1.29, 1.82) is 0 Å². The van der Waals surface area contributed by atoms with Crippen molar-refractivity contribution in [1.82, 2.24) is 20.8 Å². The van der Waals surface area contributed by atoms with Gasteiger partial charge in [0.1, 0.15) is 11.9 Å². The summed E-state index contributed by atoms with van der Waals surface area (Å²) in [7, 11) is 0. The molecule has 1 aromatic carbocycles. The first-order valence-electron chi connectivity index (χ1n) is 8.30. The number of rotatable bonds is 6. The number of benzene rings is 1. The first-order valence-corrected chi connectivity index (χ1v) is 8.30. The lowest BCUT2D eigenvalue weighted by atomic mass is 10.1. The molecule has 2 heterocycles. The third-order valence-corrected chi connectivity index (χ3v) is 3.71. The quantitative estimate of drug-likeness (QED) is 0.617. The van der Waals surface area contributed by atoms with Crippen LogP contribution in [0.1, 0.15) is 24.2 Å². The maximum atomic E-state index is 5.92. The highest BCUT2D eigenvalue weighted by atomic mass is 16.5. The Morgan fingerprint density at radius 3 is 2.96 bits per heavy atom. The van der Waals surface area contributed by atoms with E-state index in [-0.39, 0.29) is 6.10 Å². The van der Waals surface area contributed by atoms with E-state index in [0.717, 1.165) is 24.7 Å². The number of ether oxygens (including phenoxy) is 1. The smallest absolute Gasteiger partial charge is 0.228 e. The lowest BCUT2D eigenvalue weighted by molar-refractivity contribution is 0.241. The maximum Gasteiger partial charge on any atom is 0.228 e. The highest BCUT2D eigenvalue weighted by Gasteiger charge is 2.21. The lowest BCUT2D eigenvalue weighted by Crippen LogP contribution is -2.39. The number of aliphatic imine (C=N–C) groups is 1. The summed E-state index contributed by atoms with van der Waals surface area (Å²) >= 11 is 0. The van der Waals surface area contributed by atoms with Crippen LogP contribution in [-0.2, 0) is 12.8 Å². The third-order valence-electron chi connectivity index (χ3n) is 3.71. The van der Waals surface area contributed by atoms with Gasteiger partial charge in [0.2, 0.25) is 5.89 Å². The highest BCUT2D eigenvalue weighted by Crippen LogP contribution is 2.28. The number of aromatic nitrogens is 2. The Kier molecular flexibility index (Phi) is 5.30. The molecule has 1 aliphatic rings. The number of nitrogens with one attached hydrogen (secondary N) is 2. The van der Waals surface area contributed by atoms with Crippen molar-refractivity contribution < 1.29 is 9.26 Å². The molecule has 3 rings (SSSR count). The van der Waals surface area contributed by atoms with Crippen LogP contribution in [0.2, 0.25) is 0 Å². The first-order chi connectivity index (χ1) is 11.7. The molecule has 7 nitrogen and oxygen atoms in total. The summed E-state index contributed by atoms with van der Waals surface area (Å²) in [6.45, 7) is 5.95. The van der Waals surface area contributed by atoms with Gasteiger partial charge in [-0.25, -0.2) is 4.99 Å². The second kappa shape index (κ2) is 7.81. The fourth-order valence-corrected chi connectivity index (χ4v) is 2.62. The van der Waals surface area contributed by atoms with E-state index >= 15 is 0 Å². The van der Waals surface area contributed by atoms with Crippen molar-refractivity contribution >= 4 is 5.96 Å². The van der Waals surface area contributed by atoms with E-state index in [4.69, 9.17) is 9.26 Å². The molecule has 2 aromatic rings. The van der Waals surface area contributed by atoms with Crippen LogP contribution >= 0.6 is 0 Å². The van der Waals surface area contributed by atoms with Gasteiger partial charge in [-0.15, -0.1) is 0 Å². The van der Waals surface area contributed by atoms with E-state index in [1.807, 2.05) is 32.0 Å². The van der Waals surface area contributed by atoms with Gasteiger partial charge in [-0.05, 0) is 25.5 Å². The van der Waals surface area contributed by atoms with Crippen LogP contribution < -0.4 is 15.4 Å². The Bertz CT molecular complexity index is 673. The summed E-state index contributed by atoms with van der Waals surface area (Å²) in [5.41, 5.74) is 1.25. The first kappa shape index (κ1) is 16.3. The largest absolute Gasteiger partial charge is 0.488 e. The summed E-state index contributed by atoms with van der Waals surface area (Å²) in [4.78, 5) is 8.81. The van der Waals surface area contributed by atoms with Gasteiger partial charge < -0.3 is 19.9 Å². The minimum Gasteiger partial charge on any atom is -0.488 e. The molecule has 0 amide bonds. The number of fused-ring (bicyclic) bond motifs is 1. The van der Waals surface area contributed by atoms with Gasteiger partial charge in [0, 0.05) is 25.9 Å². The van der Waals surface area contributed by atoms with Gasteiger partial charge in [-0.2, -0.15) is 4.98 Å². The van der Waals surface area contributed by atoms with Crippen molar-refractivity contribution in [3.05, 3.63) is 41.5 Å².